The number of ether oxygens (including phenoxy) is 2. The van der Waals surface area contributed by atoms with Crippen LogP contribution in [0.1, 0.15) is 17.9 Å². The lowest BCUT2D eigenvalue weighted by Gasteiger charge is -2.25. The van der Waals surface area contributed by atoms with Gasteiger partial charge in [-0.1, -0.05) is 17.8 Å². The van der Waals surface area contributed by atoms with Crippen molar-refractivity contribution in [1.82, 2.24) is 5.32 Å². The summed E-state index contributed by atoms with van der Waals surface area (Å²) in [6, 6.07) is 12.8. The highest BCUT2D eigenvalue weighted by molar-refractivity contribution is 8.03. The Hall–Kier alpha value is -3.51. The Balaban J connectivity index is 1.79. The van der Waals surface area contributed by atoms with Crippen molar-refractivity contribution in [2.75, 3.05) is 25.3 Å². The van der Waals surface area contributed by atoms with E-state index in [-0.39, 0.29) is 24.0 Å². The highest BCUT2D eigenvalue weighted by atomic mass is 32.2. The molecule has 0 aliphatic carbocycles. The second kappa shape index (κ2) is 10.00. The minimum atomic E-state index is -0.471. The number of hydrogen-bond donors (Lipinski definition) is 2. The molecule has 0 aromatic heterocycles. The molecule has 1 heterocycles. The number of anilines is 1. The molecule has 0 saturated carbocycles. The van der Waals surface area contributed by atoms with Crippen molar-refractivity contribution in [2.24, 2.45) is 0 Å². The zero-order valence-electron chi connectivity index (χ0n) is 16.9. The second-order valence-corrected chi connectivity index (χ2v) is 7.60. The Morgan fingerprint density at radius 1 is 1.23 bits per heavy atom. The van der Waals surface area contributed by atoms with E-state index >= 15 is 0 Å². The van der Waals surface area contributed by atoms with Gasteiger partial charge < -0.3 is 20.1 Å². The van der Waals surface area contributed by atoms with Gasteiger partial charge in [0.2, 0.25) is 11.8 Å². The number of nitriles is 1. The number of nitrogens with zero attached hydrogens (tertiary/aromatic N) is 1. The number of allylic oxidation sites excluding steroid dienone is 1. The van der Waals surface area contributed by atoms with Gasteiger partial charge in [-0.25, -0.2) is 4.39 Å². The van der Waals surface area contributed by atoms with Crippen LogP contribution in [0.5, 0.6) is 11.5 Å². The summed E-state index contributed by atoms with van der Waals surface area (Å²) in [6.45, 7) is 0. The predicted octanol–water partition coefficient (Wildman–Crippen LogP) is 3.55. The van der Waals surface area contributed by atoms with Gasteiger partial charge in [-0.05, 0) is 42.0 Å². The van der Waals surface area contributed by atoms with Gasteiger partial charge in [0.1, 0.15) is 5.82 Å². The SMILES string of the molecule is COc1ccc(C2CC(=O)NC(SCC(=O)Nc3ccc(F)cc3)=C2C#N)cc1OC. The summed E-state index contributed by atoms with van der Waals surface area (Å²) in [5.74, 6) is -0.457. The van der Waals surface area contributed by atoms with Crippen molar-refractivity contribution in [3.63, 3.8) is 0 Å². The van der Waals surface area contributed by atoms with E-state index in [1.54, 1.807) is 18.2 Å². The molecule has 0 saturated heterocycles. The first-order chi connectivity index (χ1) is 14.9. The third-order valence-electron chi connectivity index (χ3n) is 4.64. The fraction of sp³-hybridized carbons (Fsp3) is 0.227. The van der Waals surface area contributed by atoms with Crippen molar-refractivity contribution in [3.05, 3.63) is 64.4 Å². The molecule has 160 valence electrons. The maximum Gasteiger partial charge on any atom is 0.234 e. The summed E-state index contributed by atoms with van der Waals surface area (Å²) in [5, 5.41) is 15.4. The average Bonchev–Trinajstić information content (AvgIpc) is 2.78. The molecular weight excluding hydrogens is 421 g/mol. The standard InChI is InChI=1S/C22H20FN3O4S/c1-29-18-8-3-13(9-19(18)30-2)16-10-20(27)26-22(17(16)11-24)31-12-21(28)25-15-6-4-14(23)5-7-15/h3-9,16H,10,12H2,1-2H3,(H,25,28)(H,26,27). The number of thioether (sulfide) groups is 1. The van der Waals surface area contributed by atoms with Gasteiger partial charge in [-0.3, -0.25) is 9.59 Å². The van der Waals surface area contributed by atoms with E-state index in [0.29, 0.717) is 27.8 Å². The molecule has 9 heteroatoms. The van der Waals surface area contributed by atoms with E-state index < -0.39 is 11.7 Å². The fourth-order valence-corrected chi connectivity index (χ4v) is 4.03. The highest BCUT2D eigenvalue weighted by Gasteiger charge is 2.30. The first-order valence-corrected chi connectivity index (χ1v) is 10.3. The van der Waals surface area contributed by atoms with Crippen LogP contribution in [0.3, 0.4) is 0 Å². The second-order valence-electron chi connectivity index (χ2n) is 6.62. The van der Waals surface area contributed by atoms with E-state index in [1.807, 2.05) is 0 Å². The normalized spacial score (nSPS) is 15.7. The van der Waals surface area contributed by atoms with Crippen LogP contribution < -0.4 is 20.1 Å². The Morgan fingerprint density at radius 2 is 1.94 bits per heavy atom. The minimum absolute atomic E-state index is 0.0309. The van der Waals surface area contributed by atoms with Gasteiger partial charge in [-0.2, -0.15) is 5.26 Å². The number of rotatable bonds is 7. The number of nitrogens with one attached hydrogen (secondary N) is 2. The third kappa shape index (κ3) is 5.35. The maximum absolute atomic E-state index is 13.0. The molecule has 0 radical (unpaired) electrons. The maximum atomic E-state index is 13.0. The van der Waals surface area contributed by atoms with Crippen LogP contribution in [0.2, 0.25) is 0 Å². The molecule has 3 rings (SSSR count). The summed E-state index contributed by atoms with van der Waals surface area (Å²) in [6.07, 6.45) is 0.101. The van der Waals surface area contributed by atoms with Crippen molar-refractivity contribution < 1.29 is 23.5 Å². The summed E-state index contributed by atoms with van der Waals surface area (Å²) in [4.78, 5) is 24.6. The van der Waals surface area contributed by atoms with Crippen LogP contribution in [0.25, 0.3) is 0 Å². The molecule has 0 fully saturated rings. The van der Waals surface area contributed by atoms with Crippen LogP contribution >= 0.6 is 11.8 Å². The first kappa shape index (κ1) is 22.2. The van der Waals surface area contributed by atoms with Crippen molar-refractivity contribution in [2.45, 2.75) is 12.3 Å². The molecular formula is C22H20FN3O4S. The van der Waals surface area contributed by atoms with E-state index in [2.05, 4.69) is 16.7 Å². The van der Waals surface area contributed by atoms with E-state index in [9.17, 15) is 19.2 Å². The molecule has 1 unspecified atom stereocenters. The summed E-state index contributed by atoms with van der Waals surface area (Å²) in [7, 11) is 3.04. The minimum Gasteiger partial charge on any atom is -0.493 e. The van der Waals surface area contributed by atoms with Crippen LogP contribution in [0, 0.1) is 17.1 Å². The zero-order valence-corrected chi connectivity index (χ0v) is 17.7. The lowest BCUT2D eigenvalue weighted by molar-refractivity contribution is -0.121. The number of benzene rings is 2. The average molecular weight is 441 g/mol. The Bertz CT molecular complexity index is 1060. The van der Waals surface area contributed by atoms with Crippen molar-refractivity contribution in [1.29, 1.82) is 5.26 Å². The summed E-state index contributed by atoms with van der Waals surface area (Å²) < 4.78 is 23.6. The van der Waals surface area contributed by atoms with Gasteiger partial charge in [0.15, 0.2) is 11.5 Å². The van der Waals surface area contributed by atoms with Gasteiger partial charge in [0.05, 0.1) is 36.6 Å². The predicted molar refractivity (Wildman–Crippen MR) is 115 cm³/mol. The Kier molecular flexibility index (Phi) is 7.15. The van der Waals surface area contributed by atoms with Crippen LogP contribution in [0.15, 0.2) is 53.1 Å². The number of hydrogen-bond acceptors (Lipinski definition) is 6. The van der Waals surface area contributed by atoms with Crippen molar-refractivity contribution in [3.8, 4) is 17.6 Å². The molecule has 7 nitrogen and oxygen atoms in total. The largest absolute Gasteiger partial charge is 0.493 e. The molecule has 2 N–H and O–H groups in total. The van der Waals surface area contributed by atoms with Crippen LogP contribution in [-0.2, 0) is 9.59 Å². The Morgan fingerprint density at radius 3 is 2.58 bits per heavy atom. The monoisotopic (exact) mass is 441 g/mol. The smallest absolute Gasteiger partial charge is 0.234 e. The van der Waals surface area contributed by atoms with Crippen LogP contribution in [-0.4, -0.2) is 31.8 Å². The number of carbonyl (C=O) groups excluding carboxylic acids is 2. The van der Waals surface area contributed by atoms with Gasteiger partial charge in [0.25, 0.3) is 0 Å². The molecule has 2 amide bonds. The number of methoxy groups -OCH3 is 2. The molecule has 1 aliphatic rings. The number of amides is 2. The quantitative estimate of drug-likeness (QED) is 0.682. The molecule has 2 aromatic carbocycles. The van der Waals surface area contributed by atoms with E-state index in [4.69, 9.17) is 9.47 Å². The number of carbonyl (C=O) groups is 2. The lowest BCUT2D eigenvalue weighted by Crippen LogP contribution is -2.31. The molecule has 31 heavy (non-hydrogen) atoms. The first-order valence-electron chi connectivity index (χ1n) is 9.29. The molecule has 1 atom stereocenters. The van der Waals surface area contributed by atoms with E-state index in [1.165, 1.54) is 38.5 Å². The van der Waals surface area contributed by atoms with Crippen LogP contribution in [0.4, 0.5) is 10.1 Å². The van der Waals surface area contributed by atoms with Crippen molar-refractivity contribution >= 4 is 29.3 Å². The fourth-order valence-electron chi connectivity index (χ4n) is 3.16. The summed E-state index contributed by atoms with van der Waals surface area (Å²) >= 11 is 1.06. The molecule has 1 aliphatic heterocycles. The number of halogens is 1. The highest BCUT2D eigenvalue weighted by Crippen LogP contribution is 2.39. The Labute approximate surface area is 183 Å². The molecule has 0 spiro atoms. The molecule has 0 bridgehead atoms. The molecule has 2 aromatic rings. The van der Waals surface area contributed by atoms with Gasteiger partial charge in [0, 0.05) is 18.0 Å². The third-order valence-corrected chi connectivity index (χ3v) is 5.66. The lowest BCUT2D eigenvalue weighted by atomic mass is 9.87. The van der Waals surface area contributed by atoms with Gasteiger partial charge >= 0.3 is 0 Å². The summed E-state index contributed by atoms with van der Waals surface area (Å²) in [5.41, 5.74) is 1.56. The van der Waals surface area contributed by atoms with Gasteiger partial charge in [-0.15, -0.1) is 0 Å². The zero-order chi connectivity index (χ0) is 22.4. The topological polar surface area (TPSA) is 100 Å². The van der Waals surface area contributed by atoms with E-state index in [0.717, 1.165) is 17.3 Å².